The van der Waals surface area contributed by atoms with Crippen LogP contribution < -0.4 is 9.88 Å². The third-order valence-electron chi connectivity index (χ3n) is 10.5. The van der Waals surface area contributed by atoms with Gasteiger partial charge in [-0.05, 0) is 79.7 Å². The maximum atomic E-state index is 5.45. The van der Waals surface area contributed by atoms with Crippen LogP contribution in [0.3, 0.4) is 0 Å². The molecule has 0 aliphatic rings. The number of nitrogens with zero attached hydrogens (tertiary/aromatic N) is 5. The Hall–Kier alpha value is -5.77. The van der Waals surface area contributed by atoms with Crippen molar-refractivity contribution in [3.63, 3.8) is 0 Å². The van der Waals surface area contributed by atoms with Crippen molar-refractivity contribution in [2.45, 2.75) is 52.4 Å². The van der Waals surface area contributed by atoms with Gasteiger partial charge in [0, 0.05) is 17.5 Å². The van der Waals surface area contributed by atoms with Crippen molar-refractivity contribution >= 4 is 49.9 Å². The van der Waals surface area contributed by atoms with Crippen molar-refractivity contribution in [3.8, 4) is 28.1 Å². The van der Waals surface area contributed by atoms with Crippen LogP contribution >= 0.6 is 0 Å². The predicted octanol–water partition coefficient (Wildman–Crippen LogP) is 12.9. The van der Waals surface area contributed by atoms with E-state index >= 15 is 0 Å². The number of fused-ring (bicyclic) bond motifs is 4. The molecule has 5 nitrogen and oxygen atoms in total. The molecule has 0 saturated heterocycles. The van der Waals surface area contributed by atoms with E-state index in [4.69, 9.17) is 15.1 Å². The molecule has 0 saturated carbocycles. The maximum Gasteiger partial charge on any atom is 2.00 e. The third kappa shape index (κ3) is 6.65. The summed E-state index contributed by atoms with van der Waals surface area (Å²) in [7, 11) is 0. The van der Waals surface area contributed by atoms with Crippen LogP contribution in [0.4, 0.5) is 17.2 Å². The van der Waals surface area contributed by atoms with Crippen LogP contribution in [0.15, 0.2) is 152 Å². The number of hydrogen-bond donors (Lipinski definition) is 0. The topological polar surface area (TPSA) is 48.1 Å². The van der Waals surface area contributed by atoms with Crippen molar-refractivity contribution in [1.82, 2.24) is 19.7 Å². The number of anilines is 3. The SMILES string of the molecule is CC(C)(C)c1ccc2[n-]c3c(-n4nc(-c5[c-]c(N(c6ccccn6)c6ccccc6-c6ccccc6)ccc5)c5ccccc54)cc(C(C)(C)C)cc3c2c1.[Pt+2]. The first-order valence-electron chi connectivity index (χ1n) is 19.0. The Kier molecular flexibility index (Phi) is 9.55. The fourth-order valence-electron chi connectivity index (χ4n) is 7.54. The molecule has 0 aliphatic carbocycles. The fourth-order valence-corrected chi connectivity index (χ4v) is 7.54. The van der Waals surface area contributed by atoms with E-state index in [9.17, 15) is 0 Å². The van der Waals surface area contributed by atoms with Gasteiger partial charge in [0.25, 0.3) is 0 Å². The van der Waals surface area contributed by atoms with E-state index in [0.717, 1.165) is 72.6 Å². The molecule has 9 rings (SSSR count). The van der Waals surface area contributed by atoms with Crippen LogP contribution in [0, 0.1) is 6.07 Å². The van der Waals surface area contributed by atoms with Crippen LogP contribution in [-0.4, -0.2) is 14.8 Å². The summed E-state index contributed by atoms with van der Waals surface area (Å²) in [4.78, 5) is 12.3. The van der Waals surface area contributed by atoms with Crippen molar-refractivity contribution < 1.29 is 21.1 Å². The summed E-state index contributed by atoms with van der Waals surface area (Å²) in [6, 6.07) is 54.9. The number of pyridine rings is 1. The molecule has 0 fully saturated rings. The molecule has 0 radical (unpaired) electrons. The molecule has 0 amide bonds. The summed E-state index contributed by atoms with van der Waals surface area (Å²) in [6.45, 7) is 13.6. The van der Waals surface area contributed by atoms with E-state index in [1.54, 1.807) is 0 Å². The van der Waals surface area contributed by atoms with E-state index in [1.165, 1.54) is 16.5 Å². The summed E-state index contributed by atoms with van der Waals surface area (Å²) in [5.74, 6) is 0.806. The molecule has 56 heavy (non-hydrogen) atoms. The van der Waals surface area contributed by atoms with Crippen molar-refractivity contribution in [3.05, 3.63) is 169 Å². The summed E-state index contributed by atoms with van der Waals surface area (Å²) in [5.41, 5.74) is 12.3. The van der Waals surface area contributed by atoms with Gasteiger partial charge in [0.2, 0.25) is 0 Å². The van der Waals surface area contributed by atoms with Gasteiger partial charge in [0.05, 0.1) is 16.9 Å². The van der Waals surface area contributed by atoms with E-state index in [-0.39, 0.29) is 31.9 Å². The zero-order chi connectivity index (χ0) is 37.9. The molecule has 0 spiro atoms. The molecule has 6 heteroatoms. The average molecular weight is 909 g/mol. The molecular weight excluding hydrogens is 866 g/mol. The second-order valence-corrected chi connectivity index (χ2v) is 16.4. The summed E-state index contributed by atoms with van der Waals surface area (Å²) in [5, 5.41) is 8.83. The van der Waals surface area contributed by atoms with Crippen molar-refractivity contribution in [2.24, 2.45) is 0 Å². The van der Waals surface area contributed by atoms with Gasteiger partial charge in [-0.1, -0.05) is 139 Å². The van der Waals surface area contributed by atoms with Gasteiger partial charge in [-0.3, -0.25) is 0 Å². The molecule has 0 aliphatic heterocycles. The van der Waals surface area contributed by atoms with E-state index in [0.29, 0.717) is 0 Å². The number of benzene rings is 6. The van der Waals surface area contributed by atoms with Crippen molar-refractivity contribution in [1.29, 1.82) is 0 Å². The van der Waals surface area contributed by atoms with E-state index < -0.39 is 0 Å². The Morgan fingerprint density at radius 3 is 2.11 bits per heavy atom. The number of para-hydroxylation sites is 2. The molecule has 0 bridgehead atoms. The molecule has 3 aromatic heterocycles. The second-order valence-electron chi connectivity index (χ2n) is 16.4. The van der Waals surface area contributed by atoms with Crippen LogP contribution in [0.2, 0.25) is 0 Å². The van der Waals surface area contributed by atoms with Gasteiger partial charge >= 0.3 is 21.1 Å². The van der Waals surface area contributed by atoms with Crippen LogP contribution in [0.1, 0.15) is 52.7 Å². The molecule has 3 heterocycles. The second kappa shape index (κ2) is 14.4. The summed E-state index contributed by atoms with van der Waals surface area (Å²) >= 11 is 0. The van der Waals surface area contributed by atoms with Gasteiger partial charge in [-0.25, -0.2) is 14.8 Å². The first kappa shape index (κ1) is 37.2. The van der Waals surface area contributed by atoms with Gasteiger partial charge in [0.1, 0.15) is 5.82 Å². The smallest absolute Gasteiger partial charge is 0.655 e. The Bertz CT molecular complexity index is 2840. The zero-order valence-corrected chi connectivity index (χ0v) is 34.8. The van der Waals surface area contributed by atoms with Gasteiger partial charge in [-0.15, -0.1) is 40.9 Å². The summed E-state index contributed by atoms with van der Waals surface area (Å²) in [6.07, 6.45) is 1.84. The Morgan fingerprint density at radius 2 is 1.34 bits per heavy atom. The number of aromatic nitrogens is 4. The fraction of sp³-hybridized carbons (Fsp3) is 0.160. The minimum Gasteiger partial charge on any atom is -0.655 e. The molecule has 6 aromatic carbocycles. The number of rotatable bonds is 6. The van der Waals surface area contributed by atoms with E-state index in [2.05, 4.69) is 179 Å². The van der Waals surface area contributed by atoms with Gasteiger partial charge in [0.15, 0.2) is 0 Å². The largest absolute Gasteiger partial charge is 2.00 e. The van der Waals surface area contributed by atoms with Crippen molar-refractivity contribution in [2.75, 3.05) is 4.90 Å². The quantitative estimate of drug-likeness (QED) is 0.156. The normalized spacial score (nSPS) is 12.0. The molecule has 0 unspecified atom stereocenters. The average Bonchev–Trinajstić information content (AvgIpc) is 3.77. The van der Waals surface area contributed by atoms with Gasteiger partial charge < -0.3 is 9.88 Å². The monoisotopic (exact) mass is 908 g/mol. The van der Waals surface area contributed by atoms with E-state index in [1.807, 2.05) is 30.5 Å². The Balaban J connectivity index is 0.00000441. The molecule has 0 N–H and O–H groups in total. The standard InChI is InChI=1S/C50H43N5.Pt/c1-49(2,3)35-26-27-42-40(30-35)41-31-36(50(4,5)6)32-45(48(41)52-42)55-44-24-13-11-22-39(44)47(53-55)34-19-16-20-37(29-34)54(46-25-14-15-28-51-46)43-23-12-10-21-38(43)33-17-8-7-9-18-33;/h7-28,30-32H,1-6H3;/q-2;+2. The third-order valence-corrected chi connectivity index (χ3v) is 10.5. The Labute approximate surface area is 343 Å². The first-order chi connectivity index (χ1) is 26.5. The maximum absolute atomic E-state index is 5.45. The van der Waals surface area contributed by atoms with Crippen LogP contribution in [0.25, 0.3) is 60.8 Å². The molecule has 9 aromatic rings. The zero-order valence-electron chi connectivity index (χ0n) is 32.5. The minimum atomic E-state index is -0.0902. The number of hydrogen-bond acceptors (Lipinski definition) is 3. The first-order valence-corrected chi connectivity index (χ1v) is 19.0. The minimum absolute atomic E-state index is 0. The van der Waals surface area contributed by atoms with Gasteiger partial charge in [-0.2, -0.15) is 0 Å². The van der Waals surface area contributed by atoms with Crippen LogP contribution in [-0.2, 0) is 31.9 Å². The molecular formula is C50H43N5Pt. The Morgan fingerprint density at radius 1 is 0.625 bits per heavy atom. The predicted molar refractivity (Wildman–Crippen MR) is 229 cm³/mol. The summed E-state index contributed by atoms with van der Waals surface area (Å²) < 4.78 is 2.10. The molecule has 0 atom stereocenters. The van der Waals surface area contributed by atoms with Crippen LogP contribution in [0.5, 0.6) is 0 Å². The molecule has 278 valence electrons.